The molecular formula is C22H24N2O2. The number of hydrogen-bond acceptors (Lipinski definition) is 3. The smallest absolute Gasteiger partial charge is 0.227 e. The fourth-order valence-electron chi connectivity index (χ4n) is 3.04. The summed E-state index contributed by atoms with van der Waals surface area (Å²) in [6.07, 6.45) is 3.30. The lowest BCUT2D eigenvalue weighted by Gasteiger charge is -2.15. The summed E-state index contributed by atoms with van der Waals surface area (Å²) < 4.78 is 5.86. The van der Waals surface area contributed by atoms with E-state index >= 15 is 0 Å². The van der Waals surface area contributed by atoms with E-state index in [1.807, 2.05) is 67.6 Å². The van der Waals surface area contributed by atoms with Crippen LogP contribution in [0.1, 0.15) is 31.2 Å². The Bertz CT molecular complexity index is 844. The average molecular weight is 348 g/mol. The van der Waals surface area contributed by atoms with Crippen molar-refractivity contribution in [2.45, 2.75) is 25.7 Å². The van der Waals surface area contributed by atoms with Gasteiger partial charge in [-0.3, -0.25) is 9.78 Å². The zero-order chi connectivity index (χ0) is 18.2. The highest BCUT2D eigenvalue weighted by molar-refractivity contribution is 5.84. The number of nitrogens with zero attached hydrogens (tertiary/aromatic N) is 1. The van der Waals surface area contributed by atoms with Gasteiger partial charge in [0.15, 0.2) is 0 Å². The van der Waals surface area contributed by atoms with Crippen LogP contribution in [0.5, 0.6) is 5.75 Å². The Kier molecular flexibility index (Phi) is 6.20. The second kappa shape index (κ2) is 8.99. The lowest BCUT2D eigenvalue weighted by Crippen LogP contribution is -2.30. The molecule has 1 heterocycles. The molecule has 1 aromatic heterocycles. The number of benzene rings is 2. The van der Waals surface area contributed by atoms with Crippen molar-refractivity contribution in [2.75, 3.05) is 13.2 Å². The van der Waals surface area contributed by atoms with Crippen LogP contribution < -0.4 is 10.1 Å². The van der Waals surface area contributed by atoms with Gasteiger partial charge in [0, 0.05) is 18.1 Å². The highest BCUT2D eigenvalue weighted by Crippen LogP contribution is 2.23. The molecule has 1 amide bonds. The molecule has 0 spiro atoms. The summed E-state index contributed by atoms with van der Waals surface area (Å²) in [6, 6.07) is 19.8. The number of pyridine rings is 1. The van der Waals surface area contributed by atoms with E-state index in [1.54, 1.807) is 6.20 Å². The van der Waals surface area contributed by atoms with Crippen molar-refractivity contribution in [3.05, 3.63) is 72.4 Å². The van der Waals surface area contributed by atoms with Crippen LogP contribution in [0.4, 0.5) is 0 Å². The number of amides is 1. The number of para-hydroxylation sites is 1. The normalized spacial score (nSPS) is 11.9. The first kappa shape index (κ1) is 17.9. The summed E-state index contributed by atoms with van der Waals surface area (Å²) in [4.78, 5) is 16.8. The predicted molar refractivity (Wildman–Crippen MR) is 104 cm³/mol. The average Bonchev–Trinajstić information content (AvgIpc) is 2.69. The van der Waals surface area contributed by atoms with Crippen LogP contribution in [0.2, 0.25) is 0 Å². The maximum atomic E-state index is 12.4. The Morgan fingerprint density at radius 3 is 2.69 bits per heavy atom. The lowest BCUT2D eigenvalue weighted by atomic mass is 9.96. The standard InChI is InChI=1S/C22H24N2O2/c1-2-19(17-9-4-3-5-10-17)22(25)24-15-8-16-26-20-13-6-11-18-12-7-14-23-21(18)20/h3-7,9-14,19H,2,8,15-16H2,1H3,(H,24,25). The minimum absolute atomic E-state index is 0.0746. The van der Waals surface area contributed by atoms with E-state index in [0.717, 1.165) is 35.1 Å². The molecule has 134 valence electrons. The van der Waals surface area contributed by atoms with Crippen LogP contribution in [-0.2, 0) is 4.79 Å². The van der Waals surface area contributed by atoms with E-state index in [2.05, 4.69) is 10.3 Å². The molecular weight excluding hydrogens is 324 g/mol. The van der Waals surface area contributed by atoms with Crippen LogP contribution in [0.15, 0.2) is 66.9 Å². The van der Waals surface area contributed by atoms with Crippen LogP contribution >= 0.6 is 0 Å². The van der Waals surface area contributed by atoms with Gasteiger partial charge in [0.2, 0.25) is 5.91 Å². The van der Waals surface area contributed by atoms with E-state index < -0.39 is 0 Å². The number of fused-ring (bicyclic) bond motifs is 1. The molecule has 4 nitrogen and oxygen atoms in total. The third-order valence-corrected chi connectivity index (χ3v) is 4.40. The van der Waals surface area contributed by atoms with Crippen molar-refractivity contribution in [1.29, 1.82) is 0 Å². The summed E-state index contributed by atoms with van der Waals surface area (Å²) in [6.45, 7) is 3.17. The molecule has 0 saturated carbocycles. The summed E-state index contributed by atoms with van der Waals surface area (Å²) in [7, 11) is 0. The molecule has 1 unspecified atom stereocenters. The molecule has 26 heavy (non-hydrogen) atoms. The molecule has 0 bridgehead atoms. The van der Waals surface area contributed by atoms with Gasteiger partial charge < -0.3 is 10.1 Å². The molecule has 3 rings (SSSR count). The number of ether oxygens (including phenoxy) is 1. The fourth-order valence-corrected chi connectivity index (χ4v) is 3.04. The minimum atomic E-state index is -0.0978. The first-order chi connectivity index (χ1) is 12.8. The number of rotatable bonds is 8. The van der Waals surface area contributed by atoms with E-state index in [-0.39, 0.29) is 11.8 Å². The summed E-state index contributed by atoms with van der Waals surface area (Å²) in [5, 5.41) is 4.08. The minimum Gasteiger partial charge on any atom is -0.491 e. The Hall–Kier alpha value is -2.88. The largest absolute Gasteiger partial charge is 0.491 e. The van der Waals surface area contributed by atoms with Gasteiger partial charge in [-0.05, 0) is 30.5 Å². The summed E-state index contributed by atoms with van der Waals surface area (Å²) in [5.74, 6) is 0.759. The van der Waals surface area contributed by atoms with Crippen molar-refractivity contribution in [2.24, 2.45) is 0 Å². The summed E-state index contributed by atoms with van der Waals surface area (Å²) in [5.41, 5.74) is 1.93. The first-order valence-electron chi connectivity index (χ1n) is 9.09. The number of hydrogen-bond donors (Lipinski definition) is 1. The van der Waals surface area contributed by atoms with E-state index in [1.165, 1.54) is 0 Å². The molecule has 0 aliphatic carbocycles. The van der Waals surface area contributed by atoms with Crippen molar-refractivity contribution < 1.29 is 9.53 Å². The van der Waals surface area contributed by atoms with Crippen molar-refractivity contribution in [3.8, 4) is 5.75 Å². The SMILES string of the molecule is CCC(C(=O)NCCCOc1cccc2cccnc12)c1ccccc1. The first-order valence-corrected chi connectivity index (χ1v) is 9.09. The predicted octanol–water partition coefficient (Wildman–Crippen LogP) is 4.31. The highest BCUT2D eigenvalue weighted by atomic mass is 16.5. The maximum Gasteiger partial charge on any atom is 0.227 e. The third-order valence-electron chi connectivity index (χ3n) is 4.40. The van der Waals surface area contributed by atoms with Crippen LogP contribution in [0.25, 0.3) is 10.9 Å². The molecule has 0 saturated heterocycles. The third kappa shape index (κ3) is 4.39. The Balaban J connectivity index is 1.47. The van der Waals surface area contributed by atoms with E-state index in [4.69, 9.17) is 4.74 Å². The van der Waals surface area contributed by atoms with Gasteiger partial charge in [0.05, 0.1) is 12.5 Å². The topological polar surface area (TPSA) is 51.2 Å². The van der Waals surface area contributed by atoms with Gasteiger partial charge in [-0.15, -0.1) is 0 Å². The van der Waals surface area contributed by atoms with Crippen LogP contribution in [-0.4, -0.2) is 24.0 Å². The molecule has 3 aromatic rings. The van der Waals surface area contributed by atoms with Gasteiger partial charge in [-0.25, -0.2) is 0 Å². The molecule has 0 aliphatic rings. The maximum absolute atomic E-state index is 12.4. The quantitative estimate of drug-likeness (QED) is 0.617. The molecule has 4 heteroatoms. The molecule has 0 fully saturated rings. The lowest BCUT2D eigenvalue weighted by molar-refractivity contribution is -0.122. The highest BCUT2D eigenvalue weighted by Gasteiger charge is 2.17. The molecule has 1 atom stereocenters. The zero-order valence-electron chi connectivity index (χ0n) is 15.0. The van der Waals surface area contributed by atoms with Gasteiger partial charge in [-0.1, -0.05) is 55.5 Å². The van der Waals surface area contributed by atoms with Crippen molar-refractivity contribution in [1.82, 2.24) is 10.3 Å². The molecule has 1 N–H and O–H groups in total. The Morgan fingerprint density at radius 2 is 1.88 bits per heavy atom. The Labute approximate surface area is 154 Å². The number of nitrogens with one attached hydrogen (secondary N) is 1. The van der Waals surface area contributed by atoms with Gasteiger partial charge in [0.25, 0.3) is 0 Å². The van der Waals surface area contributed by atoms with Crippen LogP contribution in [0.3, 0.4) is 0 Å². The van der Waals surface area contributed by atoms with Gasteiger partial charge in [0.1, 0.15) is 11.3 Å². The van der Waals surface area contributed by atoms with Crippen molar-refractivity contribution >= 4 is 16.8 Å². The Morgan fingerprint density at radius 1 is 1.08 bits per heavy atom. The second-order valence-electron chi connectivity index (χ2n) is 6.20. The number of carbonyl (C=O) groups is 1. The van der Waals surface area contributed by atoms with Crippen LogP contribution in [0, 0.1) is 0 Å². The van der Waals surface area contributed by atoms with Crippen molar-refractivity contribution in [3.63, 3.8) is 0 Å². The summed E-state index contributed by atoms with van der Waals surface area (Å²) >= 11 is 0. The zero-order valence-corrected chi connectivity index (χ0v) is 15.0. The second-order valence-corrected chi connectivity index (χ2v) is 6.20. The number of carbonyl (C=O) groups excluding carboxylic acids is 1. The van der Waals surface area contributed by atoms with E-state index in [0.29, 0.717) is 13.2 Å². The molecule has 0 aliphatic heterocycles. The molecule has 0 radical (unpaired) electrons. The van der Waals surface area contributed by atoms with Gasteiger partial charge >= 0.3 is 0 Å². The van der Waals surface area contributed by atoms with Gasteiger partial charge in [-0.2, -0.15) is 0 Å². The monoisotopic (exact) mass is 348 g/mol. The number of aromatic nitrogens is 1. The molecule has 2 aromatic carbocycles. The fraction of sp³-hybridized carbons (Fsp3) is 0.273. The van der Waals surface area contributed by atoms with E-state index in [9.17, 15) is 4.79 Å².